The van der Waals surface area contributed by atoms with Crippen molar-refractivity contribution in [3.63, 3.8) is 0 Å². The van der Waals surface area contributed by atoms with E-state index < -0.39 is 5.60 Å². The topological polar surface area (TPSA) is 36.4 Å². The molecule has 0 spiro atoms. The van der Waals surface area contributed by atoms with E-state index in [9.17, 15) is 5.11 Å². The standard InChI is InChI=1S/C34H36N2O/c1-5-25-22-28-18-19-29(23-32(28)35-24(25)2)33(27-13-7-6-8-14-27)34(37,20-21-36(3)4)31-17-11-15-26-12-9-10-16-30(26)31/h6-19,22-23,33,37H,5,20-21H2,1-4H3/t33-,34+/m0/s1. The number of benzene rings is 4. The van der Waals surface area contributed by atoms with E-state index in [1.807, 2.05) is 6.07 Å². The third-order valence-electron chi connectivity index (χ3n) is 7.66. The minimum atomic E-state index is -1.14. The summed E-state index contributed by atoms with van der Waals surface area (Å²) >= 11 is 0. The Labute approximate surface area is 220 Å². The first-order chi connectivity index (χ1) is 17.9. The molecule has 0 aliphatic heterocycles. The highest BCUT2D eigenvalue weighted by molar-refractivity contribution is 5.87. The van der Waals surface area contributed by atoms with E-state index in [4.69, 9.17) is 4.98 Å². The number of aryl methyl sites for hydroxylation is 2. The van der Waals surface area contributed by atoms with E-state index in [1.165, 1.54) is 5.56 Å². The van der Waals surface area contributed by atoms with Crippen LogP contribution in [-0.2, 0) is 12.0 Å². The van der Waals surface area contributed by atoms with Gasteiger partial charge in [0.05, 0.1) is 5.52 Å². The molecule has 0 unspecified atom stereocenters. The molecular formula is C34H36N2O. The van der Waals surface area contributed by atoms with Crippen LogP contribution in [0.3, 0.4) is 0 Å². The van der Waals surface area contributed by atoms with Crippen LogP contribution in [0.25, 0.3) is 21.7 Å². The number of hydrogen-bond acceptors (Lipinski definition) is 3. The van der Waals surface area contributed by atoms with E-state index >= 15 is 0 Å². The van der Waals surface area contributed by atoms with Crippen molar-refractivity contribution in [2.24, 2.45) is 0 Å². The van der Waals surface area contributed by atoms with Crippen molar-refractivity contribution in [1.82, 2.24) is 9.88 Å². The number of rotatable bonds is 8. The quantitative estimate of drug-likeness (QED) is 0.250. The molecule has 2 atom stereocenters. The first-order valence-electron chi connectivity index (χ1n) is 13.2. The smallest absolute Gasteiger partial charge is 0.102 e. The van der Waals surface area contributed by atoms with Gasteiger partial charge in [-0.05, 0) is 79.0 Å². The Morgan fingerprint density at radius 2 is 1.54 bits per heavy atom. The third kappa shape index (κ3) is 4.90. The average molecular weight is 489 g/mol. The number of pyridine rings is 1. The first-order valence-corrected chi connectivity index (χ1v) is 13.2. The lowest BCUT2D eigenvalue weighted by molar-refractivity contribution is 0.00592. The zero-order valence-electron chi connectivity index (χ0n) is 22.3. The first kappa shape index (κ1) is 25.1. The van der Waals surface area contributed by atoms with Crippen LogP contribution in [-0.4, -0.2) is 35.6 Å². The molecule has 4 aromatic carbocycles. The zero-order valence-corrected chi connectivity index (χ0v) is 22.3. The van der Waals surface area contributed by atoms with Gasteiger partial charge in [0.15, 0.2) is 0 Å². The van der Waals surface area contributed by atoms with Crippen molar-refractivity contribution in [2.75, 3.05) is 20.6 Å². The van der Waals surface area contributed by atoms with Crippen molar-refractivity contribution in [3.8, 4) is 0 Å². The maximum atomic E-state index is 13.0. The summed E-state index contributed by atoms with van der Waals surface area (Å²) in [5.41, 5.74) is 5.31. The molecule has 3 nitrogen and oxygen atoms in total. The van der Waals surface area contributed by atoms with Gasteiger partial charge in [-0.1, -0.05) is 91.9 Å². The minimum Gasteiger partial charge on any atom is -0.384 e. The van der Waals surface area contributed by atoms with E-state index in [1.54, 1.807) is 0 Å². The summed E-state index contributed by atoms with van der Waals surface area (Å²) in [6, 6.07) is 33.9. The molecule has 5 aromatic rings. The fraction of sp³-hybridized carbons (Fsp3) is 0.265. The molecule has 0 aliphatic carbocycles. The van der Waals surface area contributed by atoms with E-state index in [2.05, 4.69) is 124 Å². The summed E-state index contributed by atoms with van der Waals surface area (Å²) in [5, 5.41) is 16.3. The molecule has 5 rings (SSSR count). The minimum absolute atomic E-state index is 0.267. The Kier molecular flexibility index (Phi) is 7.10. The van der Waals surface area contributed by atoms with Gasteiger partial charge in [-0.15, -0.1) is 0 Å². The second-order valence-electron chi connectivity index (χ2n) is 10.4. The Hall–Kier alpha value is -3.53. The number of aromatic nitrogens is 1. The monoisotopic (exact) mass is 488 g/mol. The van der Waals surface area contributed by atoms with Gasteiger partial charge >= 0.3 is 0 Å². The van der Waals surface area contributed by atoms with Crippen LogP contribution in [0.15, 0.2) is 97.1 Å². The van der Waals surface area contributed by atoms with Gasteiger partial charge < -0.3 is 10.0 Å². The summed E-state index contributed by atoms with van der Waals surface area (Å²) in [4.78, 5) is 7.12. The molecule has 1 aromatic heterocycles. The normalized spacial score (nSPS) is 14.2. The molecule has 0 saturated heterocycles. The van der Waals surface area contributed by atoms with Gasteiger partial charge in [-0.25, -0.2) is 0 Å². The van der Waals surface area contributed by atoms with Crippen LogP contribution in [0, 0.1) is 6.92 Å². The molecular weight excluding hydrogens is 452 g/mol. The molecule has 37 heavy (non-hydrogen) atoms. The zero-order chi connectivity index (χ0) is 26.0. The lowest BCUT2D eigenvalue weighted by Crippen LogP contribution is -2.37. The van der Waals surface area contributed by atoms with Crippen LogP contribution in [0.2, 0.25) is 0 Å². The van der Waals surface area contributed by atoms with Crippen LogP contribution >= 0.6 is 0 Å². The largest absolute Gasteiger partial charge is 0.384 e. The fourth-order valence-electron chi connectivity index (χ4n) is 5.68. The molecule has 1 heterocycles. The average Bonchev–Trinajstić information content (AvgIpc) is 2.92. The summed E-state index contributed by atoms with van der Waals surface area (Å²) in [7, 11) is 4.13. The van der Waals surface area contributed by atoms with Gasteiger partial charge in [0.25, 0.3) is 0 Å². The third-order valence-corrected chi connectivity index (χ3v) is 7.66. The predicted octanol–water partition coefficient (Wildman–Crippen LogP) is 7.23. The molecule has 0 saturated carbocycles. The van der Waals surface area contributed by atoms with Crippen molar-refractivity contribution >= 4 is 21.7 Å². The molecule has 3 heteroatoms. The molecule has 0 bridgehead atoms. The van der Waals surface area contributed by atoms with Crippen molar-refractivity contribution in [1.29, 1.82) is 0 Å². The molecule has 0 radical (unpaired) electrons. The van der Waals surface area contributed by atoms with Crippen LogP contribution in [0.4, 0.5) is 0 Å². The number of fused-ring (bicyclic) bond motifs is 2. The van der Waals surface area contributed by atoms with Crippen molar-refractivity contribution in [2.45, 2.75) is 38.2 Å². The Morgan fingerprint density at radius 1 is 0.811 bits per heavy atom. The number of aliphatic hydroxyl groups is 1. The highest BCUT2D eigenvalue weighted by Gasteiger charge is 2.41. The van der Waals surface area contributed by atoms with Crippen molar-refractivity contribution < 1.29 is 5.11 Å². The van der Waals surface area contributed by atoms with Crippen LogP contribution in [0.5, 0.6) is 0 Å². The van der Waals surface area contributed by atoms with Crippen molar-refractivity contribution in [3.05, 3.63) is 125 Å². The van der Waals surface area contributed by atoms with E-state index in [-0.39, 0.29) is 5.92 Å². The Morgan fingerprint density at radius 3 is 2.30 bits per heavy atom. The van der Waals surface area contributed by atoms with E-state index in [0.29, 0.717) is 6.42 Å². The Bertz CT molecular complexity index is 1520. The van der Waals surface area contributed by atoms with Gasteiger partial charge in [0, 0.05) is 23.5 Å². The molecule has 0 aliphatic rings. The van der Waals surface area contributed by atoms with Gasteiger partial charge in [-0.2, -0.15) is 0 Å². The van der Waals surface area contributed by atoms with Crippen LogP contribution in [0.1, 0.15) is 47.2 Å². The maximum absolute atomic E-state index is 13.0. The molecule has 188 valence electrons. The molecule has 0 amide bonds. The SMILES string of the molecule is CCc1cc2ccc([C@H](c3ccccc3)[C@@](O)(CCN(C)C)c3cccc4ccccc34)cc2nc1C. The highest BCUT2D eigenvalue weighted by atomic mass is 16.3. The molecule has 1 N–H and O–H groups in total. The Balaban J connectivity index is 1.77. The predicted molar refractivity (Wildman–Crippen MR) is 155 cm³/mol. The van der Waals surface area contributed by atoms with Gasteiger partial charge in [-0.3, -0.25) is 4.98 Å². The lowest BCUT2D eigenvalue weighted by Gasteiger charge is -2.39. The maximum Gasteiger partial charge on any atom is 0.102 e. The summed E-state index contributed by atoms with van der Waals surface area (Å²) < 4.78 is 0. The van der Waals surface area contributed by atoms with E-state index in [0.717, 1.165) is 57.0 Å². The second-order valence-corrected chi connectivity index (χ2v) is 10.4. The highest BCUT2D eigenvalue weighted by Crippen LogP contribution is 2.46. The fourth-order valence-corrected chi connectivity index (χ4v) is 5.68. The van der Waals surface area contributed by atoms with Gasteiger partial charge in [0.1, 0.15) is 5.60 Å². The second kappa shape index (κ2) is 10.5. The van der Waals surface area contributed by atoms with Crippen LogP contribution < -0.4 is 0 Å². The number of nitrogens with zero attached hydrogens (tertiary/aromatic N) is 2. The summed E-state index contributed by atoms with van der Waals surface area (Å²) in [5.74, 6) is -0.267. The summed E-state index contributed by atoms with van der Waals surface area (Å²) in [6.07, 6.45) is 1.56. The number of hydrogen-bond donors (Lipinski definition) is 1. The summed E-state index contributed by atoms with van der Waals surface area (Å²) in [6.45, 7) is 5.02. The van der Waals surface area contributed by atoms with Gasteiger partial charge in [0.2, 0.25) is 0 Å². The molecule has 0 fully saturated rings. The lowest BCUT2D eigenvalue weighted by atomic mass is 9.70.